The zero-order chi connectivity index (χ0) is 22.7. The van der Waals surface area contributed by atoms with Crippen LogP contribution < -0.4 is 5.56 Å². The zero-order valence-corrected chi connectivity index (χ0v) is 18.7. The number of furan rings is 1. The highest BCUT2D eigenvalue weighted by atomic mass is 35.5. The molecule has 0 aliphatic carbocycles. The number of thioether (sulfide) groups is 1. The molecule has 0 saturated heterocycles. The summed E-state index contributed by atoms with van der Waals surface area (Å²) in [5.74, 6) is 0.206. The Morgan fingerprint density at radius 1 is 1.22 bits per heavy atom. The maximum Gasteiger partial charge on any atom is 0.262 e. The molecule has 4 aromatic rings. The first-order valence-electron chi connectivity index (χ1n) is 9.74. The minimum atomic E-state index is -0.324. The molecule has 0 fully saturated rings. The van der Waals surface area contributed by atoms with Gasteiger partial charge in [0.05, 0.1) is 29.5 Å². The fraction of sp³-hybridized carbons (Fsp3) is 0.174. The summed E-state index contributed by atoms with van der Waals surface area (Å²) in [5.41, 5.74) is 1.05. The zero-order valence-electron chi connectivity index (χ0n) is 17.1. The van der Waals surface area contributed by atoms with E-state index in [1.165, 1.54) is 34.7 Å². The number of amides is 1. The lowest BCUT2D eigenvalue weighted by molar-refractivity contribution is -0.127. The number of halogens is 2. The van der Waals surface area contributed by atoms with Gasteiger partial charge in [-0.15, -0.1) is 0 Å². The summed E-state index contributed by atoms with van der Waals surface area (Å²) in [7, 11) is 1.68. The topological polar surface area (TPSA) is 68.3 Å². The molecule has 2 aromatic carbocycles. The third-order valence-corrected chi connectivity index (χ3v) is 6.06. The molecule has 6 nitrogen and oxygen atoms in total. The Hall–Kier alpha value is -3.10. The SMILES string of the molecule is CN(Cc1ccc(F)cc1)C(=O)CSc1nc2cc(Cl)ccc2c(=O)n1Cc1ccco1. The van der Waals surface area contributed by atoms with Crippen molar-refractivity contribution in [1.29, 1.82) is 0 Å². The molecule has 0 bridgehead atoms. The van der Waals surface area contributed by atoms with Crippen LogP contribution in [0, 0.1) is 5.82 Å². The van der Waals surface area contributed by atoms with Crippen LogP contribution in [-0.2, 0) is 17.9 Å². The van der Waals surface area contributed by atoms with Gasteiger partial charge < -0.3 is 9.32 Å². The van der Waals surface area contributed by atoms with E-state index in [1.807, 2.05) is 0 Å². The first kappa shape index (κ1) is 22.1. The van der Waals surface area contributed by atoms with Crippen molar-refractivity contribution < 1.29 is 13.6 Å². The van der Waals surface area contributed by atoms with Gasteiger partial charge in [-0.1, -0.05) is 35.5 Å². The van der Waals surface area contributed by atoms with Gasteiger partial charge in [0.15, 0.2) is 5.16 Å². The van der Waals surface area contributed by atoms with Crippen LogP contribution >= 0.6 is 23.4 Å². The largest absolute Gasteiger partial charge is 0.467 e. The van der Waals surface area contributed by atoms with Crippen LogP contribution in [0.25, 0.3) is 10.9 Å². The van der Waals surface area contributed by atoms with Gasteiger partial charge in [-0.2, -0.15) is 0 Å². The summed E-state index contributed by atoms with van der Waals surface area (Å²) in [6.07, 6.45) is 1.54. The molecule has 1 amide bonds. The molecule has 0 unspecified atom stereocenters. The van der Waals surface area contributed by atoms with Crippen LogP contribution in [0.5, 0.6) is 0 Å². The van der Waals surface area contributed by atoms with Crippen molar-refractivity contribution in [2.45, 2.75) is 18.2 Å². The normalized spacial score (nSPS) is 11.1. The Balaban J connectivity index is 1.57. The second kappa shape index (κ2) is 9.58. The highest BCUT2D eigenvalue weighted by Crippen LogP contribution is 2.22. The second-order valence-electron chi connectivity index (χ2n) is 7.19. The molecule has 2 aromatic heterocycles. The van der Waals surface area contributed by atoms with Gasteiger partial charge in [0, 0.05) is 18.6 Å². The first-order valence-corrected chi connectivity index (χ1v) is 11.1. The molecule has 32 heavy (non-hydrogen) atoms. The number of carbonyl (C=O) groups excluding carboxylic acids is 1. The molecule has 0 atom stereocenters. The van der Waals surface area contributed by atoms with Crippen molar-refractivity contribution in [3.63, 3.8) is 0 Å². The Bertz CT molecular complexity index is 1310. The second-order valence-corrected chi connectivity index (χ2v) is 8.57. The van der Waals surface area contributed by atoms with Crippen molar-refractivity contribution in [1.82, 2.24) is 14.5 Å². The van der Waals surface area contributed by atoms with Crippen LogP contribution in [0.3, 0.4) is 0 Å². The molecule has 0 N–H and O–H groups in total. The smallest absolute Gasteiger partial charge is 0.262 e. The summed E-state index contributed by atoms with van der Waals surface area (Å²) in [5, 5.41) is 1.30. The van der Waals surface area contributed by atoms with Crippen LogP contribution in [0.1, 0.15) is 11.3 Å². The summed E-state index contributed by atoms with van der Waals surface area (Å²) in [6.45, 7) is 0.541. The highest BCUT2D eigenvalue weighted by Gasteiger charge is 2.17. The summed E-state index contributed by atoms with van der Waals surface area (Å²) in [4.78, 5) is 32.0. The van der Waals surface area contributed by atoms with E-state index >= 15 is 0 Å². The van der Waals surface area contributed by atoms with Crippen LogP contribution in [0.4, 0.5) is 4.39 Å². The van der Waals surface area contributed by atoms with Crippen LogP contribution in [0.15, 0.2) is 75.2 Å². The molecule has 0 aliphatic rings. The van der Waals surface area contributed by atoms with E-state index in [0.29, 0.717) is 33.4 Å². The Labute approximate surface area is 192 Å². The predicted molar refractivity (Wildman–Crippen MR) is 122 cm³/mol. The van der Waals surface area contributed by atoms with Gasteiger partial charge >= 0.3 is 0 Å². The van der Waals surface area contributed by atoms with Crippen LogP contribution in [0.2, 0.25) is 5.02 Å². The molecule has 0 saturated carbocycles. The molecule has 0 radical (unpaired) electrons. The van der Waals surface area contributed by atoms with Crippen molar-refractivity contribution in [2.24, 2.45) is 0 Å². The number of hydrogen-bond donors (Lipinski definition) is 0. The lowest BCUT2D eigenvalue weighted by Gasteiger charge is -2.18. The summed E-state index contributed by atoms with van der Waals surface area (Å²) >= 11 is 7.25. The Morgan fingerprint density at radius 3 is 2.72 bits per heavy atom. The average Bonchev–Trinajstić information content (AvgIpc) is 3.29. The third kappa shape index (κ3) is 5.03. The standard InChI is InChI=1S/C23H19ClFN3O3S/c1-27(12-15-4-7-17(25)8-5-15)21(29)14-32-23-26-20-11-16(24)6-9-19(20)22(30)28(23)13-18-3-2-10-31-18/h2-11H,12-14H2,1H3. The number of aromatic nitrogens is 2. The lowest BCUT2D eigenvalue weighted by atomic mass is 10.2. The minimum Gasteiger partial charge on any atom is -0.467 e. The number of carbonyl (C=O) groups is 1. The highest BCUT2D eigenvalue weighted by molar-refractivity contribution is 7.99. The molecule has 164 valence electrons. The molecular formula is C23H19ClFN3O3S. The van der Waals surface area contributed by atoms with Crippen molar-refractivity contribution >= 4 is 40.2 Å². The van der Waals surface area contributed by atoms with Crippen molar-refractivity contribution in [2.75, 3.05) is 12.8 Å². The molecule has 4 rings (SSSR count). The van der Waals surface area contributed by atoms with E-state index in [9.17, 15) is 14.0 Å². The monoisotopic (exact) mass is 471 g/mol. The Kier molecular flexibility index (Phi) is 6.62. The van der Waals surface area contributed by atoms with Gasteiger partial charge in [-0.3, -0.25) is 14.2 Å². The number of nitrogens with zero attached hydrogens (tertiary/aromatic N) is 3. The maximum absolute atomic E-state index is 13.1. The van der Waals surface area contributed by atoms with E-state index in [4.69, 9.17) is 16.0 Å². The summed E-state index contributed by atoms with van der Waals surface area (Å²) in [6, 6.07) is 14.4. The summed E-state index contributed by atoms with van der Waals surface area (Å²) < 4.78 is 20.0. The third-order valence-electron chi connectivity index (χ3n) is 4.86. The fourth-order valence-electron chi connectivity index (χ4n) is 3.17. The molecule has 9 heteroatoms. The molecule has 2 heterocycles. The molecule has 0 spiro atoms. The van der Waals surface area contributed by atoms with Crippen LogP contribution in [-0.4, -0.2) is 33.2 Å². The average molecular weight is 472 g/mol. The van der Waals surface area contributed by atoms with Gasteiger partial charge in [0.25, 0.3) is 5.56 Å². The van der Waals surface area contributed by atoms with E-state index < -0.39 is 0 Å². The van der Waals surface area contributed by atoms with E-state index in [0.717, 1.165) is 5.56 Å². The predicted octanol–water partition coefficient (Wildman–Crippen LogP) is 4.58. The van der Waals surface area contributed by atoms with Gasteiger partial charge in [-0.25, -0.2) is 9.37 Å². The van der Waals surface area contributed by atoms with Crippen molar-refractivity contribution in [3.05, 3.63) is 93.4 Å². The number of benzene rings is 2. The Morgan fingerprint density at radius 2 is 2.00 bits per heavy atom. The van der Waals surface area contributed by atoms with E-state index in [2.05, 4.69) is 4.98 Å². The van der Waals surface area contributed by atoms with Gasteiger partial charge in [0.2, 0.25) is 5.91 Å². The molecule has 0 aliphatic heterocycles. The van der Waals surface area contributed by atoms with Gasteiger partial charge in [-0.05, 0) is 48.0 Å². The van der Waals surface area contributed by atoms with E-state index in [1.54, 1.807) is 54.4 Å². The number of hydrogen-bond acceptors (Lipinski definition) is 5. The molecular weight excluding hydrogens is 453 g/mol. The maximum atomic E-state index is 13.1. The quantitative estimate of drug-likeness (QED) is 0.291. The van der Waals surface area contributed by atoms with E-state index in [-0.39, 0.29) is 29.6 Å². The number of rotatable bonds is 7. The fourth-order valence-corrected chi connectivity index (χ4v) is 4.28. The lowest BCUT2D eigenvalue weighted by Crippen LogP contribution is -2.29. The van der Waals surface area contributed by atoms with Gasteiger partial charge in [0.1, 0.15) is 11.6 Å². The number of fused-ring (bicyclic) bond motifs is 1. The van der Waals surface area contributed by atoms with Crippen molar-refractivity contribution in [3.8, 4) is 0 Å². The first-order chi connectivity index (χ1) is 15.4. The minimum absolute atomic E-state index is 0.0777.